The summed E-state index contributed by atoms with van der Waals surface area (Å²) < 4.78 is 5.51. The molecule has 1 atom stereocenters. The molecule has 0 aliphatic heterocycles. The maximum atomic E-state index is 13.6. The molecule has 0 aliphatic carbocycles. The van der Waals surface area contributed by atoms with E-state index in [1.165, 1.54) is 0 Å². The third-order valence-corrected chi connectivity index (χ3v) is 5.62. The number of hydrogen-bond donors (Lipinski definition) is 2. The van der Waals surface area contributed by atoms with Crippen LogP contribution >= 0.6 is 0 Å². The van der Waals surface area contributed by atoms with E-state index < -0.39 is 28.9 Å². The molecule has 0 spiro atoms. The van der Waals surface area contributed by atoms with Crippen molar-refractivity contribution >= 4 is 11.9 Å². The lowest BCUT2D eigenvalue weighted by molar-refractivity contribution is -0.161. The minimum Gasteiger partial charge on any atom is -0.459 e. The summed E-state index contributed by atoms with van der Waals surface area (Å²) in [6, 6.07) is 28.0. The Bertz CT molecular complexity index is 991. The Labute approximate surface area is 189 Å². The number of nitrogens with two attached hydrogens (primary N) is 1. The van der Waals surface area contributed by atoms with Gasteiger partial charge in [0.05, 0.1) is 6.04 Å². The van der Waals surface area contributed by atoms with Gasteiger partial charge in [0.1, 0.15) is 6.61 Å². The summed E-state index contributed by atoms with van der Waals surface area (Å²) in [7, 11) is 0. The van der Waals surface area contributed by atoms with Crippen molar-refractivity contribution in [3.8, 4) is 0 Å². The van der Waals surface area contributed by atoms with E-state index in [-0.39, 0.29) is 6.61 Å². The minimum absolute atomic E-state index is 0.0444. The molecule has 166 valence electrons. The van der Waals surface area contributed by atoms with Crippen molar-refractivity contribution in [3.05, 3.63) is 108 Å². The Kier molecular flexibility index (Phi) is 7.11. The number of benzene rings is 3. The fourth-order valence-electron chi connectivity index (χ4n) is 3.47. The number of amides is 1. The van der Waals surface area contributed by atoms with Gasteiger partial charge in [-0.3, -0.25) is 4.79 Å². The smallest absolute Gasteiger partial charge is 0.336 e. The van der Waals surface area contributed by atoms with Crippen molar-refractivity contribution < 1.29 is 14.3 Å². The second kappa shape index (κ2) is 9.79. The van der Waals surface area contributed by atoms with E-state index in [0.717, 1.165) is 16.7 Å². The third kappa shape index (κ3) is 5.06. The standard InChI is InChI=1S/C27H30N2O3/c1-26(2,3)27(28,25(31)32-19-20-13-7-4-8-14-20)24(30)29-23(21-15-9-5-10-16-21)22-17-11-6-12-18-22/h4-18,23H,19,28H2,1-3H3,(H,29,30)/t27-/m0/s1. The molecule has 0 saturated carbocycles. The van der Waals surface area contributed by atoms with Gasteiger partial charge in [-0.25, -0.2) is 4.79 Å². The quantitative estimate of drug-likeness (QED) is 0.431. The van der Waals surface area contributed by atoms with Crippen molar-refractivity contribution in [2.24, 2.45) is 11.1 Å². The zero-order valence-electron chi connectivity index (χ0n) is 18.7. The van der Waals surface area contributed by atoms with Crippen LogP contribution in [0.5, 0.6) is 0 Å². The van der Waals surface area contributed by atoms with Gasteiger partial charge in [-0.1, -0.05) is 112 Å². The van der Waals surface area contributed by atoms with E-state index >= 15 is 0 Å². The molecule has 0 unspecified atom stereocenters. The predicted molar refractivity (Wildman–Crippen MR) is 125 cm³/mol. The first-order valence-electron chi connectivity index (χ1n) is 10.6. The summed E-state index contributed by atoms with van der Waals surface area (Å²) in [5.41, 5.74) is 6.38. The molecule has 0 aliphatic rings. The molecule has 3 N–H and O–H groups in total. The van der Waals surface area contributed by atoms with Crippen LogP contribution in [0.15, 0.2) is 91.0 Å². The second-order valence-electron chi connectivity index (χ2n) is 8.85. The Morgan fingerprint density at radius 1 is 0.812 bits per heavy atom. The number of carbonyl (C=O) groups is 2. The van der Waals surface area contributed by atoms with Crippen LogP contribution in [0.4, 0.5) is 0 Å². The van der Waals surface area contributed by atoms with E-state index in [4.69, 9.17) is 10.5 Å². The molecule has 3 rings (SSSR count). The summed E-state index contributed by atoms with van der Waals surface area (Å²) in [4.78, 5) is 26.8. The summed E-state index contributed by atoms with van der Waals surface area (Å²) in [5, 5.41) is 3.01. The van der Waals surface area contributed by atoms with Gasteiger partial charge in [-0.15, -0.1) is 0 Å². The van der Waals surface area contributed by atoms with Crippen molar-refractivity contribution in [1.82, 2.24) is 5.32 Å². The lowest BCUT2D eigenvalue weighted by atomic mass is 9.73. The predicted octanol–water partition coefficient (Wildman–Crippen LogP) is 4.38. The monoisotopic (exact) mass is 430 g/mol. The Morgan fingerprint density at radius 3 is 1.69 bits per heavy atom. The summed E-state index contributed by atoms with van der Waals surface area (Å²) in [5.74, 6) is -1.34. The zero-order valence-corrected chi connectivity index (χ0v) is 18.7. The fourth-order valence-corrected chi connectivity index (χ4v) is 3.47. The Balaban J connectivity index is 1.89. The van der Waals surface area contributed by atoms with Crippen LogP contribution in [0.25, 0.3) is 0 Å². The zero-order chi connectivity index (χ0) is 23.2. The minimum atomic E-state index is -1.89. The second-order valence-corrected chi connectivity index (χ2v) is 8.85. The third-order valence-electron chi connectivity index (χ3n) is 5.62. The molecule has 0 radical (unpaired) electrons. The summed E-state index contributed by atoms with van der Waals surface area (Å²) in [6.45, 7) is 5.33. The highest BCUT2D eigenvalue weighted by molar-refractivity contribution is 6.08. The molecule has 0 bridgehead atoms. The van der Waals surface area contributed by atoms with Crippen LogP contribution in [0.3, 0.4) is 0 Å². The first-order chi connectivity index (χ1) is 15.2. The average Bonchev–Trinajstić information content (AvgIpc) is 2.81. The van der Waals surface area contributed by atoms with Crippen molar-refractivity contribution in [3.63, 3.8) is 0 Å². The van der Waals surface area contributed by atoms with Crippen molar-refractivity contribution in [1.29, 1.82) is 0 Å². The highest BCUT2D eigenvalue weighted by Crippen LogP contribution is 2.32. The van der Waals surface area contributed by atoms with Gasteiger partial charge in [0.2, 0.25) is 0 Å². The van der Waals surface area contributed by atoms with Gasteiger partial charge in [0, 0.05) is 0 Å². The molecular formula is C27H30N2O3. The van der Waals surface area contributed by atoms with Gasteiger partial charge in [-0.05, 0) is 22.1 Å². The molecule has 0 saturated heterocycles. The molecule has 5 heteroatoms. The molecule has 0 aromatic heterocycles. The summed E-state index contributed by atoms with van der Waals surface area (Å²) >= 11 is 0. The van der Waals surface area contributed by atoms with E-state index in [1.807, 2.05) is 91.0 Å². The highest BCUT2D eigenvalue weighted by atomic mass is 16.5. The topological polar surface area (TPSA) is 81.4 Å². The van der Waals surface area contributed by atoms with Crippen LogP contribution in [0.2, 0.25) is 0 Å². The Hall–Kier alpha value is -3.44. The molecular weight excluding hydrogens is 400 g/mol. The number of hydrogen-bond acceptors (Lipinski definition) is 4. The van der Waals surface area contributed by atoms with E-state index in [1.54, 1.807) is 20.8 Å². The highest BCUT2D eigenvalue weighted by Gasteiger charge is 2.53. The van der Waals surface area contributed by atoms with Gasteiger partial charge in [-0.2, -0.15) is 0 Å². The fraction of sp³-hybridized carbons (Fsp3) is 0.259. The molecule has 5 nitrogen and oxygen atoms in total. The normalized spacial score (nSPS) is 13.3. The van der Waals surface area contributed by atoms with Gasteiger partial charge in [0.25, 0.3) is 5.91 Å². The van der Waals surface area contributed by atoms with E-state index in [2.05, 4.69) is 5.32 Å². The Morgan fingerprint density at radius 2 is 1.25 bits per heavy atom. The molecule has 3 aromatic carbocycles. The van der Waals surface area contributed by atoms with Crippen LogP contribution in [-0.4, -0.2) is 17.4 Å². The van der Waals surface area contributed by atoms with Crippen molar-refractivity contribution in [2.45, 2.75) is 39.0 Å². The molecule has 0 fully saturated rings. The van der Waals surface area contributed by atoms with E-state index in [0.29, 0.717) is 0 Å². The number of ether oxygens (including phenoxy) is 1. The number of rotatable bonds is 7. The first-order valence-corrected chi connectivity index (χ1v) is 10.6. The largest absolute Gasteiger partial charge is 0.459 e. The molecule has 0 heterocycles. The molecule has 32 heavy (non-hydrogen) atoms. The summed E-state index contributed by atoms with van der Waals surface area (Å²) in [6.07, 6.45) is 0. The van der Waals surface area contributed by atoms with Crippen LogP contribution < -0.4 is 11.1 Å². The van der Waals surface area contributed by atoms with Crippen LogP contribution in [-0.2, 0) is 20.9 Å². The first kappa shape index (κ1) is 23.2. The van der Waals surface area contributed by atoms with Crippen LogP contribution in [0.1, 0.15) is 43.5 Å². The van der Waals surface area contributed by atoms with Gasteiger partial charge in [0.15, 0.2) is 5.54 Å². The lowest BCUT2D eigenvalue weighted by Crippen LogP contribution is -2.67. The number of esters is 1. The number of carbonyl (C=O) groups excluding carboxylic acids is 2. The van der Waals surface area contributed by atoms with Crippen molar-refractivity contribution in [2.75, 3.05) is 0 Å². The maximum absolute atomic E-state index is 13.6. The van der Waals surface area contributed by atoms with Gasteiger partial charge < -0.3 is 15.8 Å². The number of nitrogens with one attached hydrogen (secondary N) is 1. The SMILES string of the molecule is CC(C)(C)[C@](N)(C(=O)NC(c1ccccc1)c1ccccc1)C(=O)OCc1ccccc1. The van der Waals surface area contributed by atoms with E-state index in [9.17, 15) is 9.59 Å². The molecule has 3 aromatic rings. The lowest BCUT2D eigenvalue weighted by Gasteiger charge is -2.38. The average molecular weight is 431 g/mol. The van der Waals surface area contributed by atoms with Crippen LogP contribution in [0, 0.1) is 5.41 Å². The van der Waals surface area contributed by atoms with Gasteiger partial charge >= 0.3 is 5.97 Å². The maximum Gasteiger partial charge on any atom is 0.336 e. The molecule has 1 amide bonds.